The minimum Gasteiger partial charge on any atom is -0.497 e. The van der Waals surface area contributed by atoms with Crippen LogP contribution < -0.4 is 14.8 Å². The zero-order valence-corrected chi connectivity index (χ0v) is 16.6. The fraction of sp³-hybridized carbons (Fsp3) is 0.300. The van der Waals surface area contributed by atoms with Crippen LogP contribution in [0.25, 0.3) is 0 Å². The Hall–Kier alpha value is -2.91. The number of nitrogens with one attached hydrogen (secondary N) is 1. The molecular formula is C20H20N2O6S. The van der Waals surface area contributed by atoms with Crippen LogP contribution in [0.4, 0.5) is 5.69 Å². The van der Waals surface area contributed by atoms with Crippen molar-refractivity contribution >= 4 is 27.4 Å². The molecule has 1 atom stereocenters. The highest BCUT2D eigenvalue weighted by Gasteiger charge is 2.37. The number of Topliss-reactive ketones (excluding diaryl/α,β-unsaturated/α-hetero) is 1. The van der Waals surface area contributed by atoms with E-state index in [-0.39, 0.29) is 23.1 Å². The summed E-state index contributed by atoms with van der Waals surface area (Å²) in [5, 5.41) is 2.42. The maximum absolute atomic E-state index is 13.2. The van der Waals surface area contributed by atoms with Crippen LogP contribution >= 0.6 is 0 Å². The van der Waals surface area contributed by atoms with Crippen LogP contribution in [-0.2, 0) is 14.8 Å². The second kappa shape index (κ2) is 7.49. The van der Waals surface area contributed by atoms with E-state index >= 15 is 0 Å². The van der Waals surface area contributed by atoms with Crippen molar-refractivity contribution in [2.75, 3.05) is 25.6 Å². The molecule has 8 nitrogen and oxygen atoms in total. The maximum Gasteiger partial charge on any atom is 0.296 e. The van der Waals surface area contributed by atoms with E-state index in [4.69, 9.17) is 9.47 Å². The van der Waals surface area contributed by atoms with Gasteiger partial charge in [0.05, 0.1) is 29.3 Å². The fourth-order valence-electron chi connectivity index (χ4n) is 3.57. The molecule has 0 unspecified atom stereocenters. The molecule has 152 valence electrons. The number of fused-ring (bicyclic) bond motifs is 1. The number of ether oxygens (including phenoxy) is 2. The minimum atomic E-state index is -3.82. The summed E-state index contributed by atoms with van der Waals surface area (Å²) in [6.07, 6.45) is 1.40. The minimum absolute atomic E-state index is 0.00236. The van der Waals surface area contributed by atoms with Gasteiger partial charge in [0.25, 0.3) is 11.7 Å². The third-order valence-corrected chi connectivity index (χ3v) is 7.07. The Morgan fingerprint density at radius 1 is 1.10 bits per heavy atom. The van der Waals surface area contributed by atoms with Gasteiger partial charge < -0.3 is 14.8 Å². The SMILES string of the molecule is COc1ccc(OC[C@@H]2CCCN2S(=O)(=O)c2ccc3c(c2)C(=O)C(=O)N3)cc1. The summed E-state index contributed by atoms with van der Waals surface area (Å²) in [4.78, 5) is 23.4. The molecule has 2 aromatic rings. The van der Waals surface area contributed by atoms with Crippen molar-refractivity contribution in [3.63, 3.8) is 0 Å². The van der Waals surface area contributed by atoms with Crippen LogP contribution in [0.5, 0.6) is 11.5 Å². The van der Waals surface area contributed by atoms with E-state index in [1.54, 1.807) is 31.4 Å². The average molecular weight is 416 g/mol. The lowest BCUT2D eigenvalue weighted by atomic mass is 10.1. The van der Waals surface area contributed by atoms with Gasteiger partial charge in [0.1, 0.15) is 18.1 Å². The van der Waals surface area contributed by atoms with E-state index in [0.717, 1.165) is 6.42 Å². The van der Waals surface area contributed by atoms with Gasteiger partial charge >= 0.3 is 0 Å². The summed E-state index contributed by atoms with van der Waals surface area (Å²) in [7, 11) is -2.24. The van der Waals surface area contributed by atoms with Gasteiger partial charge in [0.15, 0.2) is 0 Å². The van der Waals surface area contributed by atoms with E-state index in [0.29, 0.717) is 30.2 Å². The molecule has 0 bridgehead atoms. The molecule has 2 heterocycles. The third kappa shape index (κ3) is 3.58. The number of hydrogen-bond acceptors (Lipinski definition) is 6. The van der Waals surface area contributed by atoms with Crippen molar-refractivity contribution in [2.24, 2.45) is 0 Å². The summed E-state index contributed by atoms with van der Waals surface area (Å²) in [6.45, 7) is 0.594. The lowest BCUT2D eigenvalue weighted by molar-refractivity contribution is -0.112. The number of carbonyl (C=O) groups is 2. The first-order valence-electron chi connectivity index (χ1n) is 9.18. The number of anilines is 1. The molecule has 1 fully saturated rings. The van der Waals surface area contributed by atoms with Crippen molar-refractivity contribution in [2.45, 2.75) is 23.8 Å². The molecule has 4 rings (SSSR count). The number of rotatable bonds is 6. The van der Waals surface area contributed by atoms with Crippen molar-refractivity contribution < 1.29 is 27.5 Å². The first kappa shape index (κ1) is 19.4. The smallest absolute Gasteiger partial charge is 0.296 e. The standard InChI is InChI=1S/C20H20N2O6S/c1-27-14-4-6-15(7-5-14)28-12-13-3-2-10-22(13)29(25,26)16-8-9-18-17(11-16)19(23)20(24)21-18/h4-9,11,13H,2-3,10,12H2,1H3,(H,21,23,24)/t13-/m0/s1. The topological polar surface area (TPSA) is 102 Å². The van der Waals surface area contributed by atoms with Crippen LogP contribution in [0, 0.1) is 0 Å². The number of amides is 1. The van der Waals surface area contributed by atoms with E-state index in [2.05, 4.69) is 5.32 Å². The van der Waals surface area contributed by atoms with Crippen molar-refractivity contribution in [1.29, 1.82) is 0 Å². The van der Waals surface area contributed by atoms with Crippen LogP contribution in [0.2, 0.25) is 0 Å². The zero-order valence-electron chi connectivity index (χ0n) is 15.8. The number of sulfonamides is 1. The molecule has 2 aliphatic rings. The van der Waals surface area contributed by atoms with Crippen LogP contribution in [0.3, 0.4) is 0 Å². The molecule has 1 amide bonds. The molecule has 0 radical (unpaired) electrons. The van der Waals surface area contributed by atoms with Gasteiger partial charge in [-0.15, -0.1) is 0 Å². The summed E-state index contributed by atoms with van der Waals surface area (Å²) in [5.74, 6) is -0.135. The van der Waals surface area contributed by atoms with Crippen molar-refractivity contribution in [3.8, 4) is 11.5 Å². The van der Waals surface area contributed by atoms with Crippen molar-refractivity contribution in [1.82, 2.24) is 4.31 Å². The highest BCUT2D eigenvalue weighted by Crippen LogP contribution is 2.31. The predicted octanol–water partition coefficient (Wildman–Crippen LogP) is 2.06. The summed E-state index contributed by atoms with van der Waals surface area (Å²) in [5.41, 5.74) is 0.418. The largest absolute Gasteiger partial charge is 0.497 e. The molecule has 0 saturated carbocycles. The van der Waals surface area contributed by atoms with E-state index in [1.165, 1.54) is 22.5 Å². The Balaban J connectivity index is 1.51. The van der Waals surface area contributed by atoms with Gasteiger partial charge in [-0.1, -0.05) is 0 Å². The Bertz CT molecular complexity index is 1060. The van der Waals surface area contributed by atoms with Gasteiger partial charge in [-0.05, 0) is 55.3 Å². The van der Waals surface area contributed by atoms with Crippen LogP contribution in [-0.4, -0.2) is 50.7 Å². The molecule has 29 heavy (non-hydrogen) atoms. The molecule has 2 aromatic carbocycles. The number of hydrogen-bond donors (Lipinski definition) is 1. The summed E-state index contributed by atoms with van der Waals surface area (Å²) in [6, 6.07) is 10.9. The van der Waals surface area contributed by atoms with E-state index < -0.39 is 21.7 Å². The molecule has 0 aliphatic carbocycles. The highest BCUT2D eigenvalue weighted by molar-refractivity contribution is 7.89. The number of carbonyl (C=O) groups excluding carboxylic acids is 2. The van der Waals surface area contributed by atoms with Crippen molar-refractivity contribution in [3.05, 3.63) is 48.0 Å². The first-order valence-corrected chi connectivity index (χ1v) is 10.6. The normalized spacial score (nSPS) is 19.1. The molecule has 9 heteroatoms. The monoisotopic (exact) mass is 416 g/mol. The number of nitrogens with zero attached hydrogens (tertiary/aromatic N) is 1. The molecular weight excluding hydrogens is 396 g/mol. The summed E-state index contributed by atoms with van der Waals surface area (Å²) < 4.78 is 38.6. The Morgan fingerprint density at radius 2 is 1.83 bits per heavy atom. The van der Waals surface area contributed by atoms with Gasteiger partial charge in [-0.25, -0.2) is 8.42 Å². The fourth-order valence-corrected chi connectivity index (χ4v) is 5.28. The first-order chi connectivity index (χ1) is 13.9. The van der Waals surface area contributed by atoms with Gasteiger partial charge in [-0.3, -0.25) is 9.59 Å². The number of ketones is 1. The number of methoxy groups -OCH3 is 1. The number of benzene rings is 2. The molecule has 0 aromatic heterocycles. The lowest BCUT2D eigenvalue weighted by Gasteiger charge is -2.24. The quantitative estimate of drug-likeness (QED) is 0.724. The van der Waals surface area contributed by atoms with Crippen LogP contribution in [0.15, 0.2) is 47.4 Å². The van der Waals surface area contributed by atoms with E-state index in [1.807, 2.05) is 0 Å². The van der Waals surface area contributed by atoms with E-state index in [9.17, 15) is 18.0 Å². The highest BCUT2D eigenvalue weighted by atomic mass is 32.2. The second-order valence-corrected chi connectivity index (χ2v) is 8.78. The van der Waals surface area contributed by atoms with Gasteiger partial charge in [0, 0.05) is 6.54 Å². The average Bonchev–Trinajstić information content (AvgIpc) is 3.32. The molecule has 1 N–H and O–H groups in total. The Morgan fingerprint density at radius 3 is 2.55 bits per heavy atom. The predicted molar refractivity (Wildman–Crippen MR) is 105 cm³/mol. The maximum atomic E-state index is 13.2. The second-order valence-electron chi connectivity index (χ2n) is 6.89. The molecule has 1 saturated heterocycles. The summed E-state index contributed by atoms with van der Waals surface area (Å²) >= 11 is 0. The van der Waals surface area contributed by atoms with Gasteiger partial charge in [0.2, 0.25) is 10.0 Å². The van der Waals surface area contributed by atoms with Gasteiger partial charge in [-0.2, -0.15) is 4.31 Å². The molecule has 2 aliphatic heterocycles. The Kier molecular flexibility index (Phi) is 5.01. The Labute approximate surface area is 168 Å². The zero-order chi connectivity index (χ0) is 20.6. The lowest BCUT2D eigenvalue weighted by Crippen LogP contribution is -2.39. The van der Waals surface area contributed by atoms with Crippen LogP contribution in [0.1, 0.15) is 23.2 Å². The molecule has 0 spiro atoms. The third-order valence-electron chi connectivity index (χ3n) is 5.12.